The Morgan fingerprint density at radius 2 is 1.06 bits per heavy atom. The van der Waals surface area contributed by atoms with E-state index in [1.54, 1.807) is 0 Å². The molecule has 0 spiro atoms. The summed E-state index contributed by atoms with van der Waals surface area (Å²) in [4.78, 5) is 2.55. The second-order valence-electron chi connectivity index (χ2n) is 7.88. The summed E-state index contributed by atoms with van der Waals surface area (Å²) in [6, 6.07) is 20.4. The van der Waals surface area contributed by atoms with Crippen LogP contribution in [0.25, 0.3) is 0 Å². The van der Waals surface area contributed by atoms with Gasteiger partial charge in [-0.2, -0.15) is 0 Å². The summed E-state index contributed by atoms with van der Waals surface area (Å²) in [5.41, 5.74) is 0. The van der Waals surface area contributed by atoms with Crippen molar-refractivity contribution in [3.05, 3.63) is 60.7 Å². The number of nitrogens with zero attached hydrogens (tertiary/aromatic N) is 1. The maximum Gasteiger partial charge on any atom is 0.119 e. The van der Waals surface area contributed by atoms with Gasteiger partial charge in [0.15, 0.2) is 0 Å². The molecule has 5 heteroatoms. The Morgan fingerprint density at radius 3 is 1.55 bits per heavy atom. The second kappa shape index (κ2) is 14.8. The standard InChI is InChI=1S/C26H37NO4/c1-4-10-24(11-5-1)27(16-18-28-20-22-30-25-12-6-2-7-13-25)17-19-29-21-23-31-26-14-8-3-9-15-26/h2-3,6-9,12-15,24H,1,4-5,10-11,16-23H2. The highest BCUT2D eigenvalue weighted by Gasteiger charge is 2.20. The summed E-state index contributed by atoms with van der Waals surface area (Å²) in [6.07, 6.45) is 6.60. The van der Waals surface area contributed by atoms with Crippen molar-refractivity contribution in [1.29, 1.82) is 0 Å². The van der Waals surface area contributed by atoms with Gasteiger partial charge in [-0.25, -0.2) is 0 Å². The van der Waals surface area contributed by atoms with E-state index in [2.05, 4.69) is 4.90 Å². The quantitative estimate of drug-likeness (QED) is 0.382. The molecule has 2 aromatic carbocycles. The number of benzene rings is 2. The first-order valence-electron chi connectivity index (χ1n) is 11.7. The number of para-hydroxylation sites is 2. The van der Waals surface area contributed by atoms with E-state index in [9.17, 15) is 0 Å². The van der Waals surface area contributed by atoms with Crippen LogP contribution in [0, 0.1) is 0 Å². The highest BCUT2D eigenvalue weighted by atomic mass is 16.5. The Bertz CT molecular complexity index is 625. The van der Waals surface area contributed by atoms with Gasteiger partial charge in [-0.1, -0.05) is 55.7 Å². The molecule has 0 unspecified atom stereocenters. The molecule has 1 aliphatic carbocycles. The van der Waals surface area contributed by atoms with Gasteiger partial charge in [-0.05, 0) is 37.1 Å². The molecule has 0 bridgehead atoms. The summed E-state index contributed by atoms with van der Waals surface area (Å²) in [5.74, 6) is 1.78. The third-order valence-electron chi connectivity index (χ3n) is 5.62. The minimum absolute atomic E-state index is 0.581. The monoisotopic (exact) mass is 427 g/mol. The molecule has 1 fully saturated rings. The van der Waals surface area contributed by atoms with Crippen LogP contribution in [0.5, 0.6) is 11.5 Å². The van der Waals surface area contributed by atoms with Gasteiger partial charge in [-0.3, -0.25) is 4.90 Å². The van der Waals surface area contributed by atoms with Gasteiger partial charge in [0.1, 0.15) is 24.7 Å². The smallest absolute Gasteiger partial charge is 0.119 e. The second-order valence-corrected chi connectivity index (χ2v) is 7.88. The minimum Gasteiger partial charge on any atom is -0.491 e. The van der Waals surface area contributed by atoms with E-state index >= 15 is 0 Å². The maximum absolute atomic E-state index is 5.84. The molecule has 0 heterocycles. The third kappa shape index (κ3) is 9.72. The molecule has 0 amide bonds. The molecule has 1 aliphatic rings. The van der Waals surface area contributed by atoms with Gasteiger partial charge in [0.25, 0.3) is 0 Å². The highest BCUT2D eigenvalue weighted by molar-refractivity contribution is 5.21. The Morgan fingerprint density at radius 1 is 0.581 bits per heavy atom. The van der Waals surface area contributed by atoms with Gasteiger partial charge < -0.3 is 18.9 Å². The van der Waals surface area contributed by atoms with Crippen LogP contribution >= 0.6 is 0 Å². The van der Waals surface area contributed by atoms with Gasteiger partial charge >= 0.3 is 0 Å². The summed E-state index contributed by atoms with van der Waals surface area (Å²) < 4.78 is 23.1. The zero-order valence-electron chi connectivity index (χ0n) is 18.6. The molecule has 3 rings (SSSR count). The number of hydrogen-bond donors (Lipinski definition) is 0. The van der Waals surface area contributed by atoms with Crippen LogP contribution in [-0.2, 0) is 9.47 Å². The molecule has 170 valence electrons. The normalized spacial score (nSPS) is 14.6. The SMILES string of the molecule is c1ccc(OCCOCCN(CCOCCOc2ccccc2)C2CCCCC2)cc1. The molecule has 2 aromatic rings. The molecule has 5 nitrogen and oxygen atoms in total. The molecule has 0 aliphatic heterocycles. The largest absolute Gasteiger partial charge is 0.491 e. The number of ether oxygens (including phenoxy) is 4. The molecule has 31 heavy (non-hydrogen) atoms. The Hall–Kier alpha value is -2.08. The average molecular weight is 428 g/mol. The van der Waals surface area contributed by atoms with E-state index in [0.29, 0.717) is 32.5 Å². The molecule has 0 aromatic heterocycles. The van der Waals surface area contributed by atoms with E-state index in [0.717, 1.165) is 37.8 Å². The van der Waals surface area contributed by atoms with Crippen LogP contribution in [0.4, 0.5) is 0 Å². The zero-order valence-corrected chi connectivity index (χ0v) is 18.6. The van der Waals surface area contributed by atoms with Gasteiger partial charge in [-0.15, -0.1) is 0 Å². The van der Waals surface area contributed by atoms with E-state index < -0.39 is 0 Å². The van der Waals surface area contributed by atoms with Crippen LogP contribution in [-0.4, -0.2) is 63.7 Å². The summed E-state index contributed by atoms with van der Waals surface area (Å²) in [6.45, 7) is 5.73. The van der Waals surface area contributed by atoms with Crippen LogP contribution in [0.2, 0.25) is 0 Å². The van der Waals surface area contributed by atoms with Crippen molar-refractivity contribution in [1.82, 2.24) is 4.90 Å². The Labute approximate surface area is 187 Å². The first-order valence-corrected chi connectivity index (χ1v) is 11.7. The van der Waals surface area contributed by atoms with Crippen molar-refractivity contribution in [3.8, 4) is 11.5 Å². The van der Waals surface area contributed by atoms with Crippen molar-refractivity contribution in [2.75, 3.05) is 52.7 Å². The molecule has 0 saturated heterocycles. The molecule has 0 radical (unpaired) electrons. The topological polar surface area (TPSA) is 40.2 Å². The van der Waals surface area contributed by atoms with Gasteiger partial charge in [0, 0.05) is 19.1 Å². The van der Waals surface area contributed by atoms with Gasteiger partial charge in [0.2, 0.25) is 0 Å². The van der Waals surface area contributed by atoms with E-state index in [-0.39, 0.29) is 0 Å². The number of hydrogen-bond acceptors (Lipinski definition) is 5. The minimum atomic E-state index is 0.581. The van der Waals surface area contributed by atoms with Crippen molar-refractivity contribution in [3.63, 3.8) is 0 Å². The third-order valence-corrected chi connectivity index (χ3v) is 5.62. The lowest BCUT2D eigenvalue weighted by Crippen LogP contribution is -2.41. The lowest BCUT2D eigenvalue weighted by atomic mass is 9.94. The Kier molecular flexibility index (Phi) is 11.3. The fourth-order valence-corrected chi connectivity index (χ4v) is 3.96. The molecule has 0 atom stereocenters. The molecular weight excluding hydrogens is 390 g/mol. The first-order chi connectivity index (χ1) is 15.4. The molecule has 1 saturated carbocycles. The van der Waals surface area contributed by atoms with Crippen molar-refractivity contribution >= 4 is 0 Å². The maximum atomic E-state index is 5.84. The lowest BCUT2D eigenvalue weighted by molar-refractivity contribution is 0.0345. The predicted molar refractivity (Wildman–Crippen MR) is 124 cm³/mol. The zero-order chi connectivity index (χ0) is 21.4. The van der Waals surface area contributed by atoms with Crippen LogP contribution in [0.15, 0.2) is 60.7 Å². The Balaban J connectivity index is 1.28. The van der Waals surface area contributed by atoms with E-state index in [1.807, 2.05) is 60.7 Å². The van der Waals surface area contributed by atoms with Crippen molar-refractivity contribution in [2.45, 2.75) is 38.1 Å². The van der Waals surface area contributed by atoms with E-state index in [4.69, 9.17) is 18.9 Å². The van der Waals surface area contributed by atoms with Gasteiger partial charge in [0.05, 0.1) is 26.4 Å². The van der Waals surface area contributed by atoms with E-state index in [1.165, 1.54) is 32.1 Å². The van der Waals surface area contributed by atoms with Crippen LogP contribution in [0.3, 0.4) is 0 Å². The highest BCUT2D eigenvalue weighted by Crippen LogP contribution is 2.22. The summed E-state index contributed by atoms with van der Waals surface area (Å²) in [7, 11) is 0. The van der Waals surface area contributed by atoms with Crippen molar-refractivity contribution < 1.29 is 18.9 Å². The summed E-state index contributed by atoms with van der Waals surface area (Å²) in [5, 5.41) is 0. The fraction of sp³-hybridized carbons (Fsp3) is 0.538. The van der Waals surface area contributed by atoms with Crippen LogP contribution in [0.1, 0.15) is 32.1 Å². The van der Waals surface area contributed by atoms with Crippen molar-refractivity contribution in [2.24, 2.45) is 0 Å². The summed E-state index contributed by atoms with van der Waals surface area (Å²) >= 11 is 0. The predicted octanol–water partition coefficient (Wildman–Crippen LogP) is 4.81. The average Bonchev–Trinajstić information content (AvgIpc) is 2.84. The molecular formula is C26H37NO4. The van der Waals surface area contributed by atoms with Crippen LogP contribution < -0.4 is 9.47 Å². The lowest BCUT2D eigenvalue weighted by Gasteiger charge is -2.34. The molecule has 0 N–H and O–H groups in total. The number of rotatable bonds is 15. The first kappa shape index (κ1) is 23.6. The fourth-order valence-electron chi connectivity index (χ4n) is 3.96.